The van der Waals surface area contributed by atoms with E-state index in [1.165, 1.54) is 12.1 Å². The number of nitrogens with two attached hydrogens (primary N) is 1. The number of nitrogens with one attached hydrogen (secondary N) is 6. The summed E-state index contributed by atoms with van der Waals surface area (Å²) < 4.78 is 3.30. The number of aryl methyl sites for hydroxylation is 2. The Balaban J connectivity index is 1.43. The maximum absolute atomic E-state index is 13.0. The molecule has 4 rings (SSSR count). The molecule has 0 fully saturated rings. The van der Waals surface area contributed by atoms with Gasteiger partial charge in [0.05, 0.1) is 21.9 Å². The predicted octanol–water partition coefficient (Wildman–Crippen LogP) is 3.25. The highest BCUT2D eigenvalue weighted by atomic mass is 79.9. The van der Waals surface area contributed by atoms with Crippen LogP contribution >= 0.6 is 15.9 Å². The van der Waals surface area contributed by atoms with Gasteiger partial charge in [-0.25, -0.2) is 0 Å². The van der Waals surface area contributed by atoms with Crippen molar-refractivity contribution in [3.63, 3.8) is 0 Å². The third-order valence-corrected chi connectivity index (χ3v) is 6.53. The lowest BCUT2D eigenvalue weighted by atomic mass is 10.2. The number of halogens is 1. The van der Waals surface area contributed by atoms with Crippen molar-refractivity contribution in [1.82, 2.24) is 19.4 Å². The molecule has 14 heteroatoms. The molecule has 1 atom stereocenters. The Bertz CT molecular complexity index is 1730. The zero-order chi connectivity index (χ0) is 30.0. The first-order valence-electron chi connectivity index (χ1n) is 12.2. The van der Waals surface area contributed by atoms with Gasteiger partial charge in [0, 0.05) is 43.1 Å². The molecule has 0 aliphatic heterocycles. The minimum atomic E-state index is -0.637. The van der Waals surface area contributed by atoms with Crippen LogP contribution in [0.15, 0.2) is 59.9 Å². The summed E-state index contributed by atoms with van der Waals surface area (Å²) in [6, 6.07) is 9.22. The van der Waals surface area contributed by atoms with Gasteiger partial charge < -0.3 is 41.1 Å². The second-order valence-corrected chi connectivity index (χ2v) is 10.3. The summed E-state index contributed by atoms with van der Waals surface area (Å²) in [5.74, 6) is -1.86. The van der Waals surface area contributed by atoms with Gasteiger partial charge in [0.15, 0.2) is 0 Å². The Morgan fingerprint density at radius 3 is 2.07 bits per heavy atom. The van der Waals surface area contributed by atoms with Crippen LogP contribution in [0.3, 0.4) is 0 Å². The molecule has 1 unspecified atom stereocenters. The van der Waals surface area contributed by atoms with Crippen molar-refractivity contribution in [3.05, 3.63) is 76.9 Å². The third-order valence-electron chi connectivity index (χ3n) is 6.17. The van der Waals surface area contributed by atoms with Crippen LogP contribution in [-0.4, -0.2) is 49.6 Å². The van der Waals surface area contributed by atoms with Gasteiger partial charge in [-0.15, -0.1) is 0 Å². The van der Waals surface area contributed by atoms with E-state index in [1.807, 2.05) is 0 Å². The summed E-state index contributed by atoms with van der Waals surface area (Å²) in [5.41, 5.74) is 8.28. The molecule has 0 radical (unpaired) electrons. The van der Waals surface area contributed by atoms with E-state index in [-0.39, 0.29) is 33.3 Å². The molecule has 0 saturated heterocycles. The summed E-state index contributed by atoms with van der Waals surface area (Å²) >= 11 is 3.04. The van der Waals surface area contributed by atoms with Crippen molar-refractivity contribution < 1.29 is 19.2 Å². The van der Waals surface area contributed by atoms with Gasteiger partial charge in [-0.2, -0.15) is 0 Å². The van der Waals surface area contributed by atoms with Crippen molar-refractivity contribution in [2.75, 3.05) is 16.0 Å². The smallest absolute Gasteiger partial charge is 0.272 e. The van der Waals surface area contributed by atoms with E-state index in [0.29, 0.717) is 28.0 Å². The number of anilines is 3. The fourth-order valence-corrected chi connectivity index (χ4v) is 4.09. The molecular formula is C27H28BrN9O4. The van der Waals surface area contributed by atoms with Gasteiger partial charge in [-0.05, 0) is 59.3 Å². The maximum Gasteiger partial charge on any atom is 0.272 e. The van der Waals surface area contributed by atoms with Gasteiger partial charge >= 0.3 is 0 Å². The van der Waals surface area contributed by atoms with Crippen molar-refractivity contribution in [2.45, 2.75) is 13.0 Å². The molecule has 8 N–H and O–H groups in total. The van der Waals surface area contributed by atoms with Crippen LogP contribution in [0.4, 0.5) is 17.1 Å². The summed E-state index contributed by atoms with van der Waals surface area (Å²) in [6.07, 6.45) is 3.18. The van der Waals surface area contributed by atoms with Gasteiger partial charge in [0.25, 0.3) is 23.6 Å². The molecule has 0 saturated carbocycles. The van der Waals surface area contributed by atoms with E-state index in [4.69, 9.17) is 11.1 Å². The monoisotopic (exact) mass is 621 g/mol. The number of amidine groups is 1. The molecular weight excluding hydrogens is 594 g/mol. The van der Waals surface area contributed by atoms with Gasteiger partial charge in [0.2, 0.25) is 0 Å². The van der Waals surface area contributed by atoms with Gasteiger partial charge in [-0.1, -0.05) is 6.58 Å². The topological polar surface area (TPSA) is 192 Å². The third kappa shape index (κ3) is 6.55. The Morgan fingerprint density at radius 2 is 1.49 bits per heavy atom. The van der Waals surface area contributed by atoms with Crippen LogP contribution in [-0.2, 0) is 18.9 Å². The lowest BCUT2D eigenvalue weighted by Crippen LogP contribution is -2.42. The van der Waals surface area contributed by atoms with Crippen LogP contribution in [0.25, 0.3) is 10.9 Å². The highest BCUT2D eigenvalue weighted by Gasteiger charge is 2.19. The average molecular weight is 622 g/mol. The van der Waals surface area contributed by atoms with Gasteiger partial charge in [0.1, 0.15) is 22.9 Å². The number of carbonyl (C=O) groups excluding carboxylic acids is 4. The molecule has 0 bridgehead atoms. The SMILES string of the molecule is C=C(Br)C(=O)Nc1ccc2[nH]c(C(=O)Nc3cc(C(=O)Nc4cc(C(=O)NC(C)C(=N)N)n(C)c4)n(C)c3)cc2c1. The highest BCUT2D eigenvalue weighted by Crippen LogP contribution is 2.23. The fourth-order valence-electron chi connectivity index (χ4n) is 3.99. The lowest BCUT2D eigenvalue weighted by molar-refractivity contribution is -0.112. The molecule has 3 heterocycles. The number of amides is 4. The number of nitrogens with zero attached hydrogens (tertiary/aromatic N) is 2. The molecule has 0 spiro atoms. The standard InChI is InChI=1S/C27H28BrN9O4/c1-13(28)24(38)32-16-5-6-19-15(7-16)8-20(35-19)25(39)33-17-9-22(37(4)11-17)27(41)34-18-10-21(36(3)12-18)26(40)31-14(2)23(29)30/h5-12,14,35H,1H2,2-4H3,(H3,29,30)(H,31,40)(H,32,38)(H,33,39)(H,34,41). The number of hydrogen-bond donors (Lipinski definition) is 7. The number of rotatable bonds is 9. The number of aromatic amines is 1. The van der Waals surface area contributed by atoms with E-state index in [9.17, 15) is 19.2 Å². The molecule has 0 aliphatic rings. The number of hydrogen-bond acceptors (Lipinski definition) is 5. The van der Waals surface area contributed by atoms with Crippen LogP contribution in [0, 0.1) is 5.41 Å². The number of fused-ring (bicyclic) bond motifs is 1. The lowest BCUT2D eigenvalue weighted by Gasteiger charge is -2.12. The second kappa shape index (κ2) is 11.6. The molecule has 41 heavy (non-hydrogen) atoms. The number of carbonyl (C=O) groups is 4. The molecule has 13 nitrogen and oxygen atoms in total. The van der Waals surface area contributed by atoms with Crippen molar-refractivity contribution in [3.8, 4) is 0 Å². The Kier molecular flexibility index (Phi) is 8.14. The summed E-state index contributed by atoms with van der Waals surface area (Å²) in [4.78, 5) is 53.3. The first kappa shape index (κ1) is 28.9. The van der Waals surface area contributed by atoms with Crippen LogP contribution in [0.1, 0.15) is 38.4 Å². The first-order chi connectivity index (χ1) is 19.3. The molecule has 4 amide bonds. The molecule has 212 valence electrons. The Labute approximate surface area is 242 Å². The fraction of sp³-hybridized carbons (Fsp3) is 0.148. The van der Waals surface area contributed by atoms with E-state index in [2.05, 4.69) is 48.8 Å². The summed E-state index contributed by atoms with van der Waals surface area (Å²) in [6.45, 7) is 5.13. The Morgan fingerprint density at radius 1 is 0.902 bits per heavy atom. The number of benzene rings is 1. The van der Waals surface area contributed by atoms with Crippen molar-refractivity contribution in [2.24, 2.45) is 19.8 Å². The van der Waals surface area contributed by atoms with E-state index < -0.39 is 23.8 Å². The number of H-pyrrole nitrogens is 1. The first-order valence-corrected chi connectivity index (χ1v) is 13.0. The van der Waals surface area contributed by atoms with Crippen LogP contribution < -0.4 is 27.0 Å². The van der Waals surface area contributed by atoms with Crippen LogP contribution in [0.5, 0.6) is 0 Å². The normalized spacial score (nSPS) is 11.5. The van der Waals surface area contributed by atoms with E-state index in [1.54, 1.807) is 66.8 Å². The average Bonchev–Trinajstić information content (AvgIpc) is 3.59. The highest BCUT2D eigenvalue weighted by molar-refractivity contribution is 9.12. The quantitative estimate of drug-likeness (QED) is 0.0855. The minimum absolute atomic E-state index is 0.172. The van der Waals surface area contributed by atoms with Crippen molar-refractivity contribution >= 4 is 73.4 Å². The largest absolute Gasteiger partial charge is 0.386 e. The predicted molar refractivity (Wildman–Crippen MR) is 161 cm³/mol. The second-order valence-electron chi connectivity index (χ2n) is 9.35. The van der Waals surface area contributed by atoms with E-state index >= 15 is 0 Å². The number of aromatic nitrogens is 3. The molecule has 1 aromatic carbocycles. The zero-order valence-corrected chi connectivity index (χ0v) is 24.0. The Hall–Kier alpha value is -5.11. The van der Waals surface area contributed by atoms with Crippen molar-refractivity contribution in [1.29, 1.82) is 5.41 Å². The molecule has 3 aromatic heterocycles. The summed E-state index contributed by atoms with van der Waals surface area (Å²) in [5, 5.41) is 19.0. The maximum atomic E-state index is 13.0. The molecule has 0 aliphatic carbocycles. The van der Waals surface area contributed by atoms with E-state index in [0.717, 1.165) is 0 Å². The van der Waals surface area contributed by atoms with Gasteiger partial charge in [-0.3, -0.25) is 24.6 Å². The zero-order valence-electron chi connectivity index (χ0n) is 22.4. The molecule has 4 aromatic rings. The summed E-state index contributed by atoms with van der Waals surface area (Å²) in [7, 11) is 3.32. The van der Waals surface area contributed by atoms with Crippen LogP contribution in [0.2, 0.25) is 0 Å². The minimum Gasteiger partial charge on any atom is -0.386 e.